The summed E-state index contributed by atoms with van der Waals surface area (Å²) in [5.74, 6) is 0. The summed E-state index contributed by atoms with van der Waals surface area (Å²) in [6.07, 6.45) is 9.62. The van der Waals surface area contributed by atoms with E-state index in [0.717, 1.165) is 24.8 Å². The summed E-state index contributed by atoms with van der Waals surface area (Å²) in [5.41, 5.74) is 1.52. The molecule has 1 aliphatic heterocycles. The Balaban J connectivity index is 1.36. The first-order chi connectivity index (χ1) is 10.3. The van der Waals surface area contributed by atoms with E-state index in [-0.39, 0.29) is 0 Å². The molecule has 1 N–H and O–H groups in total. The molecule has 0 bridgehead atoms. The maximum atomic E-state index is 6.01. The largest absolute Gasteiger partial charge is 0.378 e. The topological polar surface area (TPSA) is 21.3 Å². The molecule has 1 aromatic heterocycles. The van der Waals surface area contributed by atoms with Crippen molar-refractivity contribution < 1.29 is 4.74 Å². The Morgan fingerprint density at radius 2 is 2.14 bits per heavy atom. The summed E-state index contributed by atoms with van der Waals surface area (Å²) >= 11 is 3.93. The van der Waals surface area contributed by atoms with Crippen molar-refractivity contribution in [2.24, 2.45) is 0 Å². The van der Waals surface area contributed by atoms with E-state index in [9.17, 15) is 0 Å². The van der Waals surface area contributed by atoms with E-state index in [1.165, 1.54) is 48.3 Å². The van der Waals surface area contributed by atoms with Gasteiger partial charge in [0.25, 0.3) is 0 Å². The molecular weight excluding hydrogens is 298 g/mol. The van der Waals surface area contributed by atoms with Crippen LogP contribution in [0.3, 0.4) is 0 Å². The highest BCUT2D eigenvalue weighted by Gasteiger charge is 2.25. The van der Waals surface area contributed by atoms with Crippen LogP contribution in [-0.4, -0.2) is 24.5 Å². The third kappa shape index (κ3) is 4.47. The minimum Gasteiger partial charge on any atom is -0.378 e. The van der Waals surface area contributed by atoms with Gasteiger partial charge in [0.2, 0.25) is 0 Å². The molecule has 2 atom stereocenters. The van der Waals surface area contributed by atoms with Crippen molar-refractivity contribution in [3.8, 4) is 0 Å². The third-order valence-corrected chi connectivity index (χ3v) is 6.87. The summed E-state index contributed by atoms with van der Waals surface area (Å²) in [7, 11) is 0. The molecular formula is C17H27NOS2. The quantitative estimate of drug-likeness (QED) is 0.743. The van der Waals surface area contributed by atoms with Crippen molar-refractivity contribution in [3.63, 3.8) is 0 Å². The number of rotatable bonds is 6. The number of hydrogen-bond acceptors (Lipinski definition) is 4. The fraction of sp³-hybridized carbons (Fsp3) is 0.765. The molecule has 0 amide bonds. The predicted molar refractivity (Wildman–Crippen MR) is 92.4 cm³/mol. The van der Waals surface area contributed by atoms with Crippen molar-refractivity contribution >= 4 is 23.1 Å². The average molecular weight is 326 g/mol. The van der Waals surface area contributed by atoms with E-state index in [1.54, 1.807) is 0 Å². The van der Waals surface area contributed by atoms with Crippen molar-refractivity contribution in [2.75, 3.05) is 13.2 Å². The summed E-state index contributed by atoms with van der Waals surface area (Å²) in [4.78, 5) is 0. The molecule has 1 fully saturated rings. The number of nitrogens with one attached hydrogen (secondary N) is 1. The Labute approximate surface area is 137 Å². The fourth-order valence-electron chi connectivity index (χ4n) is 3.37. The van der Waals surface area contributed by atoms with Crippen LogP contribution in [0.2, 0.25) is 0 Å². The van der Waals surface area contributed by atoms with Gasteiger partial charge in [0.05, 0.1) is 10.3 Å². The Hall–Kier alpha value is -0.0300. The second-order valence-corrected chi connectivity index (χ2v) is 8.94. The predicted octanol–water partition coefficient (Wildman–Crippen LogP) is 5.00. The lowest BCUT2D eigenvalue weighted by Gasteiger charge is -2.28. The number of hydrogen-bond donors (Lipinski definition) is 1. The van der Waals surface area contributed by atoms with Gasteiger partial charge in [-0.15, -0.1) is 23.1 Å². The van der Waals surface area contributed by atoms with E-state index < -0.39 is 0 Å². The summed E-state index contributed by atoms with van der Waals surface area (Å²) in [6.45, 7) is 4.34. The molecule has 1 saturated carbocycles. The normalized spacial score (nSPS) is 26.7. The van der Waals surface area contributed by atoms with E-state index in [4.69, 9.17) is 4.74 Å². The molecule has 0 spiro atoms. The van der Waals surface area contributed by atoms with Crippen molar-refractivity contribution in [1.82, 2.24) is 5.32 Å². The highest BCUT2D eigenvalue weighted by Crippen LogP contribution is 2.43. The van der Waals surface area contributed by atoms with Crippen LogP contribution in [-0.2, 0) is 4.74 Å². The summed E-state index contributed by atoms with van der Waals surface area (Å²) in [5, 5.41) is 6.71. The Bertz CT molecular complexity index is 428. The van der Waals surface area contributed by atoms with Gasteiger partial charge in [-0.25, -0.2) is 0 Å². The number of thiophene rings is 1. The van der Waals surface area contributed by atoms with Crippen LogP contribution < -0.4 is 5.32 Å². The molecule has 2 nitrogen and oxygen atoms in total. The zero-order chi connectivity index (χ0) is 14.5. The van der Waals surface area contributed by atoms with Crippen molar-refractivity contribution in [2.45, 2.75) is 73.5 Å². The highest BCUT2D eigenvalue weighted by atomic mass is 32.2. The Morgan fingerprint density at radius 3 is 3.00 bits per heavy atom. The van der Waals surface area contributed by atoms with Crippen LogP contribution in [0, 0.1) is 0 Å². The van der Waals surface area contributed by atoms with Crippen molar-refractivity contribution in [3.05, 3.63) is 17.0 Å². The molecule has 1 aromatic rings. The van der Waals surface area contributed by atoms with Crippen LogP contribution in [0.25, 0.3) is 0 Å². The van der Waals surface area contributed by atoms with Gasteiger partial charge in [-0.2, -0.15) is 0 Å². The molecule has 0 saturated heterocycles. The minimum absolute atomic E-state index is 0.549. The number of thioether (sulfide) groups is 1. The maximum Gasteiger partial charge on any atom is 0.0649 e. The summed E-state index contributed by atoms with van der Waals surface area (Å²) in [6, 6.07) is 2.85. The molecule has 2 aliphatic rings. The second kappa shape index (κ2) is 8.00. The first kappa shape index (κ1) is 15.9. The first-order valence-electron chi connectivity index (χ1n) is 8.42. The van der Waals surface area contributed by atoms with Crippen LogP contribution in [0.15, 0.2) is 15.7 Å². The van der Waals surface area contributed by atoms with E-state index in [1.807, 2.05) is 23.1 Å². The van der Waals surface area contributed by atoms with Gasteiger partial charge in [0.1, 0.15) is 0 Å². The van der Waals surface area contributed by atoms with E-state index in [2.05, 4.69) is 23.7 Å². The van der Waals surface area contributed by atoms with Gasteiger partial charge in [0.15, 0.2) is 0 Å². The van der Waals surface area contributed by atoms with Gasteiger partial charge in [-0.3, -0.25) is 0 Å². The lowest BCUT2D eigenvalue weighted by atomic mass is 9.98. The van der Waals surface area contributed by atoms with E-state index >= 15 is 0 Å². The van der Waals surface area contributed by atoms with Gasteiger partial charge in [-0.05, 0) is 49.2 Å². The SMILES string of the molecule is C[C@H]1CC(NCCCOC2CCCCC2)c2ccsc2S1. The van der Waals surface area contributed by atoms with Crippen LogP contribution in [0.5, 0.6) is 0 Å². The lowest BCUT2D eigenvalue weighted by molar-refractivity contribution is 0.0270. The highest BCUT2D eigenvalue weighted by molar-refractivity contribution is 8.01. The lowest BCUT2D eigenvalue weighted by Crippen LogP contribution is -2.28. The van der Waals surface area contributed by atoms with Gasteiger partial charge < -0.3 is 10.1 Å². The maximum absolute atomic E-state index is 6.01. The van der Waals surface area contributed by atoms with Crippen LogP contribution in [0.4, 0.5) is 0 Å². The van der Waals surface area contributed by atoms with Gasteiger partial charge >= 0.3 is 0 Å². The van der Waals surface area contributed by atoms with Crippen LogP contribution >= 0.6 is 23.1 Å². The molecule has 1 unspecified atom stereocenters. The smallest absolute Gasteiger partial charge is 0.0649 e. The molecule has 3 rings (SSSR count). The molecule has 0 aromatic carbocycles. The average Bonchev–Trinajstić information content (AvgIpc) is 2.96. The monoisotopic (exact) mass is 325 g/mol. The van der Waals surface area contributed by atoms with Crippen molar-refractivity contribution in [1.29, 1.82) is 0 Å². The molecule has 1 aliphatic carbocycles. The summed E-state index contributed by atoms with van der Waals surface area (Å²) < 4.78 is 7.52. The fourth-order valence-corrected chi connectivity index (χ4v) is 5.94. The zero-order valence-corrected chi connectivity index (χ0v) is 14.6. The Kier molecular flexibility index (Phi) is 6.04. The van der Waals surface area contributed by atoms with Crippen LogP contribution in [0.1, 0.15) is 63.5 Å². The molecule has 21 heavy (non-hydrogen) atoms. The molecule has 0 radical (unpaired) electrons. The number of ether oxygens (including phenoxy) is 1. The molecule has 118 valence electrons. The van der Waals surface area contributed by atoms with E-state index in [0.29, 0.717) is 12.1 Å². The number of fused-ring (bicyclic) bond motifs is 1. The first-order valence-corrected chi connectivity index (χ1v) is 10.2. The standard InChI is InChI=1S/C17H27NOS2/c1-13-12-16(15-8-11-20-17(15)21-13)18-9-5-10-19-14-6-3-2-4-7-14/h8,11,13-14,16,18H,2-7,9-10,12H2,1H3/t13-,16?/m0/s1. The molecule has 2 heterocycles. The third-order valence-electron chi connectivity index (χ3n) is 4.53. The second-order valence-electron chi connectivity index (χ2n) is 6.32. The zero-order valence-electron chi connectivity index (χ0n) is 13.0. The Morgan fingerprint density at radius 1 is 1.29 bits per heavy atom. The molecule has 4 heteroatoms. The van der Waals surface area contributed by atoms with Gasteiger partial charge in [-0.1, -0.05) is 26.2 Å². The van der Waals surface area contributed by atoms with Gasteiger partial charge in [0, 0.05) is 17.9 Å². The minimum atomic E-state index is 0.549.